The minimum atomic E-state index is -0.528. The number of nitrogen functional groups attached to an aromatic ring is 1. The lowest BCUT2D eigenvalue weighted by atomic mass is 9.93. The standard InChI is InChI=1S/C20H31N3O6/c21-15-10-16(19-18(11-15)28-6-1-7-29-19)20(26)22-12-14-2-3-23(13-17(14)25)4-8-27-9-5-24/h10-11,14,17,24-25H,1-9,12-13,21H2,(H,22,26)/t14-,17+/m0/s1. The number of benzene rings is 1. The molecule has 1 aromatic carbocycles. The van der Waals surface area contributed by atoms with Crippen molar-refractivity contribution in [2.45, 2.75) is 18.9 Å². The molecule has 2 heterocycles. The average Bonchev–Trinajstić information content (AvgIpc) is 2.95. The Morgan fingerprint density at radius 1 is 1.31 bits per heavy atom. The van der Waals surface area contributed by atoms with Crippen LogP contribution in [-0.2, 0) is 4.74 Å². The SMILES string of the molecule is Nc1cc2c(c(C(=O)NC[C@@H]3CCN(CCOCCO)C[C@H]3O)c1)OCCCO2. The Labute approximate surface area is 170 Å². The van der Waals surface area contributed by atoms with Crippen molar-refractivity contribution < 1.29 is 29.2 Å². The fraction of sp³-hybridized carbons (Fsp3) is 0.650. The number of fused-ring (bicyclic) bond motifs is 1. The maximum absolute atomic E-state index is 12.8. The second-order valence-electron chi connectivity index (χ2n) is 7.41. The highest BCUT2D eigenvalue weighted by Gasteiger charge is 2.28. The van der Waals surface area contributed by atoms with E-state index in [9.17, 15) is 9.90 Å². The number of hydrogen-bond donors (Lipinski definition) is 4. The van der Waals surface area contributed by atoms with Crippen molar-refractivity contribution in [3.05, 3.63) is 17.7 Å². The number of nitrogens with zero attached hydrogens (tertiary/aromatic N) is 1. The summed E-state index contributed by atoms with van der Waals surface area (Å²) < 4.78 is 16.6. The van der Waals surface area contributed by atoms with Crippen molar-refractivity contribution in [2.24, 2.45) is 5.92 Å². The molecular weight excluding hydrogens is 378 g/mol. The Balaban J connectivity index is 1.52. The normalized spacial score (nSPS) is 22.1. The number of hydrogen-bond acceptors (Lipinski definition) is 8. The predicted molar refractivity (Wildman–Crippen MR) is 107 cm³/mol. The number of ether oxygens (including phenoxy) is 3. The first-order chi connectivity index (χ1) is 14.1. The van der Waals surface area contributed by atoms with E-state index in [2.05, 4.69) is 10.2 Å². The van der Waals surface area contributed by atoms with Crippen molar-refractivity contribution >= 4 is 11.6 Å². The zero-order valence-electron chi connectivity index (χ0n) is 16.6. The van der Waals surface area contributed by atoms with Crippen LogP contribution in [0.2, 0.25) is 0 Å². The molecule has 0 unspecified atom stereocenters. The molecule has 0 radical (unpaired) electrons. The van der Waals surface area contributed by atoms with E-state index >= 15 is 0 Å². The molecule has 2 aliphatic rings. The highest BCUT2D eigenvalue weighted by molar-refractivity contribution is 5.98. The predicted octanol–water partition coefficient (Wildman–Crippen LogP) is -0.148. The molecule has 162 valence electrons. The van der Waals surface area contributed by atoms with E-state index in [1.54, 1.807) is 12.1 Å². The summed E-state index contributed by atoms with van der Waals surface area (Å²) in [5.74, 6) is 0.605. The van der Waals surface area contributed by atoms with Crippen molar-refractivity contribution in [3.63, 3.8) is 0 Å². The summed E-state index contributed by atoms with van der Waals surface area (Å²) in [5, 5.41) is 22.1. The molecule has 9 heteroatoms. The summed E-state index contributed by atoms with van der Waals surface area (Å²) in [6, 6.07) is 3.26. The van der Waals surface area contributed by atoms with Crippen LogP contribution < -0.4 is 20.5 Å². The molecule has 3 rings (SSSR count). The van der Waals surface area contributed by atoms with Gasteiger partial charge in [-0.1, -0.05) is 0 Å². The van der Waals surface area contributed by atoms with Crippen LogP contribution in [0.5, 0.6) is 11.5 Å². The number of aliphatic hydroxyl groups is 2. The molecule has 9 nitrogen and oxygen atoms in total. The van der Waals surface area contributed by atoms with Crippen LogP contribution in [0.15, 0.2) is 12.1 Å². The molecule has 1 fully saturated rings. The number of amides is 1. The van der Waals surface area contributed by atoms with Gasteiger partial charge in [-0.3, -0.25) is 9.69 Å². The summed E-state index contributed by atoms with van der Waals surface area (Å²) in [5.41, 5.74) is 6.72. The molecule has 1 aromatic rings. The Kier molecular flexibility index (Phi) is 7.93. The number of anilines is 1. The van der Waals surface area contributed by atoms with Gasteiger partial charge in [-0.15, -0.1) is 0 Å². The van der Waals surface area contributed by atoms with Crippen molar-refractivity contribution in [1.29, 1.82) is 0 Å². The first-order valence-electron chi connectivity index (χ1n) is 10.1. The smallest absolute Gasteiger partial charge is 0.255 e. The minimum Gasteiger partial charge on any atom is -0.489 e. The molecule has 29 heavy (non-hydrogen) atoms. The van der Waals surface area contributed by atoms with Crippen LogP contribution in [-0.4, -0.2) is 86.3 Å². The lowest BCUT2D eigenvalue weighted by Gasteiger charge is -2.35. The Hall–Kier alpha value is -2.07. The average molecular weight is 409 g/mol. The van der Waals surface area contributed by atoms with Gasteiger partial charge in [-0.05, 0) is 19.0 Å². The fourth-order valence-electron chi connectivity index (χ4n) is 3.63. The van der Waals surface area contributed by atoms with Crippen LogP contribution in [0.4, 0.5) is 5.69 Å². The van der Waals surface area contributed by atoms with Gasteiger partial charge < -0.3 is 35.5 Å². The number of β-amino-alcohol motifs (C(OH)–C–C–N with tert-alkyl or cyclic N) is 1. The Morgan fingerprint density at radius 2 is 2.14 bits per heavy atom. The van der Waals surface area contributed by atoms with E-state index in [0.29, 0.717) is 68.8 Å². The van der Waals surface area contributed by atoms with Gasteiger partial charge in [0.1, 0.15) is 0 Å². The number of nitrogens with one attached hydrogen (secondary N) is 1. The lowest BCUT2D eigenvalue weighted by Crippen LogP contribution is -2.48. The molecule has 1 amide bonds. The highest BCUT2D eigenvalue weighted by Crippen LogP contribution is 2.35. The topological polar surface area (TPSA) is 127 Å². The minimum absolute atomic E-state index is 0.0117. The molecule has 5 N–H and O–H groups in total. The van der Waals surface area contributed by atoms with E-state index in [0.717, 1.165) is 19.4 Å². The largest absolute Gasteiger partial charge is 0.489 e. The van der Waals surface area contributed by atoms with Crippen molar-refractivity contribution in [1.82, 2.24) is 10.2 Å². The molecule has 0 saturated carbocycles. The zero-order chi connectivity index (χ0) is 20.6. The van der Waals surface area contributed by atoms with Gasteiger partial charge in [0.2, 0.25) is 0 Å². The molecule has 2 atom stereocenters. The van der Waals surface area contributed by atoms with Gasteiger partial charge in [0.05, 0.1) is 44.7 Å². The summed E-state index contributed by atoms with van der Waals surface area (Å²) >= 11 is 0. The number of carbonyl (C=O) groups excluding carboxylic acids is 1. The van der Waals surface area contributed by atoms with Gasteiger partial charge >= 0.3 is 0 Å². The van der Waals surface area contributed by atoms with Crippen LogP contribution >= 0.6 is 0 Å². The summed E-state index contributed by atoms with van der Waals surface area (Å²) in [6.07, 6.45) is 0.987. The molecule has 0 spiro atoms. The highest BCUT2D eigenvalue weighted by atomic mass is 16.5. The van der Waals surface area contributed by atoms with E-state index < -0.39 is 6.10 Å². The molecule has 0 bridgehead atoms. The number of likely N-dealkylation sites (tertiary alicyclic amines) is 1. The van der Waals surface area contributed by atoms with E-state index in [4.69, 9.17) is 25.1 Å². The third-order valence-electron chi connectivity index (χ3n) is 5.23. The number of aliphatic hydroxyl groups excluding tert-OH is 2. The van der Waals surface area contributed by atoms with Gasteiger partial charge in [0.15, 0.2) is 11.5 Å². The van der Waals surface area contributed by atoms with Crippen molar-refractivity contribution in [2.75, 3.05) is 64.9 Å². The maximum atomic E-state index is 12.8. The first kappa shape index (κ1) is 21.6. The van der Waals surface area contributed by atoms with Crippen LogP contribution in [0.25, 0.3) is 0 Å². The number of nitrogens with two attached hydrogens (primary N) is 1. The molecule has 1 saturated heterocycles. The molecular formula is C20H31N3O6. The molecule has 0 aromatic heterocycles. The summed E-state index contributed by atoms with van der Waals surface area (Å²) in [7, 11) is 0. The fourth-order valence-corrected chi connectivity index (χ4v) is 3.63. The van der Waals surface area contributed by atoms with E-state index in [-0.39, 0.29) is 18.4 Å². The number of rotatable bonds is 8. The second kappa shape index (κ2) is 10.6. The van der Waals surface area contributed by atoms with Gasteiger partial charge in [0, 0.05) is 43.7 Å². The Bertz CT molecular complexity index is 686. The summed E-state index contributed by atoms with van der Waals surface area (Å²) in [6.45, 7) is 4.31. The molecule has 2 aliphatic heterocycles. The third-order valence-corrected chi connectivity index (χ3v) is 5.23. The quantitative estimate of drug-likeness (QED) is 0.345. The lowest BCUT2D eigenvalue weighted by molar-refractivity contribution is 0.00568. The van der Waals surface area contributed by atoms with Crippen LogP contribution in [0.1, 0.15) is 23.2 Å². The van der Waals surface area contributed by atoms with Crippen molar-refractivity contribution in [3.8, 4) is 11.5 Å². The van der Waals surface area contributed by atoms with Gasteiger partial charge in [0.25, 0.3) is 5.91 Å². The van der Waals surface area contributed by atoms with Gasteiger partial charge in [-0.25, -0.2) is 0 Å². The zero-order valence-corrected chi connectivity index (χ0v) is 16.6. The number of piperidine rings is 1. The van der Waals surface area contributed by atoms with Gasteiger partial charge in [-0.2, -0.15) is 0 Å². The Morgan fingerprint density at radius 3 is 2.93 bits per heavy atom. The maximum Gasteiger partial charge on any atom is 0.255 e. The second-order valence-corrected chi connectivity index (χ2v) is 7.41. The number of carbonyl (C=O) groups is 1. The molecule has 0 aliphatic carbocycles. The monoisotopic (exact) mass is 409 g/mol. The third kappa shape index (κ3) is 5.96. The van der Waals surface area contributed by atoms with E-state index in [1.807, 2.05) is 0 Å². The van der Waals surface area contributed by atoms with E-state index in [1.165, 1.54) is 0 Å². The van der Waals surface area contributed by atoms with Crippen LogP contribution in [0.3, 0.4) is 0 Å². The van der Waals surface area contributed by atoms with Crippen LogP contribution in [0, 0.1) is 5.92 Å². The first-order valence-corrected chi connectivity index (χ1v) is 10.1. The summed E-state index contributed by atoms with van der Waals surface area (Å²) in [4.78, 5) is 14.9.